The van der Waals surface area contributed by atoms with E-state index in [1.165, 1.54) is 12.4 Å². The number of nitrogens with zero attached hydrogens (tertiary/aromatic N) is 2. The molecular formula is C10H13N3O3. The maximum Gasteiger partial charge on any atom is 0.272 e. The summed E-state index contributed by atoms with van der Waals surface area (Å²) in [5.74, 6) is -0.184. The van der Waals surface area contributed by atoms with Gasteiger partial charge in [-0.3, -0.25) is 4.79 Å². The van der Waals surface area contributed by atoms with Gasteiger partial charge in [-0.25, -0.2) is 9.97 Å². The molecule has 1 fully saturated rings. The van der Waals surface area contributed by atoms with Crippen LogP contribution in [-0.2, 0) is 0 Å². The molecule has 0 bridgehead atoms. The third kappa shape index (κ3) is 2.11. The van der Waals surface area contributed by atoms with Crippen molar-refractivity contribution in [3.8, 4) is 5.88 Å². The van der Waals surface area contributed by atoms with E-state index in [1.54, 1.807) is 0 Å². The Balaban J connectivity index is 2.02. The summed E-state index contributed by atoms with van der Waals surface area (Å²) in [6, 6.07) is 0. The number of aliphatic hydroxyl groups excluding tert-OH is 1. The third-order valence-electron chi connectivity index (χ3n) is 2.63. The van der Waals surface area contributed by atoms with Gasteiger partial charge in [0.15, 0.2) is 5.69 Å². The minimum atomic E-state index is -0.652. The van der Waals surface area contributed by atoms with Crippen molar-refractivity contribution in [2.75, 3.05) is 6.61 Å². The fourth-order valence-corrected chi connectivity index (χ4v) is 1.66. The largest absolute Gasteiger partial charge is 0.473 e. The molecule has 0 saturated heterocycles. The first-order valence-electron chi connectivity index (χ1n) is 5.09. The lowest BCUT2D eigenvalue weighted by atomic mass is 9.83. The predicted octanol–water partition coefficient (Wildman–Crippen LogP) is -0.275. The Morgan fingerprint density at radius 2 is 2.19 bits per heavy atom. The Bertz CT molecular complexity index is 391. The molecule has 1 aromatic rings. The Hall–Kier alpha value is -1.69. The number of hydrogen-bond donors (Lipinski definition) is 2. The van der Waals surface area contributed by atoms with E-state index in [1.807, 2.05) is 0 Å². The van der Waals surface area contributed by atoms with Gasteiger partial charge in [-0.2, -0.15) is 0 Å². The molecule has 86 valence electrons. The van der Waals surface area contributed by atoms with Crippen molar-refractivity contribution in [2.24, 2.45) is 11.7 Å². The number of primary amides is 1. The van der Waals surface area contributed by atoms with Crippen LogP contribution in [0.15, 0.2) is 12.4 Å². The van der Waals surface area contributed by atoms with Gasteiger partial charge in [0.05, 0.1) is 0 Å². The molecule has 2 rings (SSSR count). The Morgan fingerprint density at radius 3 is 2.81 bits per heavy atom. The van der Waals surface area contributed by atoms with E-state index in [0.29, 0.717) is 5.92 Å². The lowest BCUT2D eigenvalue weighted by Gasteiger charge is -2.33. The Morgan fingerprint density at radius 1 is 1.50 bits per heavy atom. The van der Waals surface area contributed by atoms with E-state index in [-0.39, 0.29) is 24.3 Å². The van der Waals surface area contributed by atoms with Crippen LogP contribution in [0.3, 0.4) is 0 Å². The van der Waals surface area contributed by atoms with Crippen molar-refractivity contribution in [3.63, 3.8) is 0 Å². The molecule has 1 amide bonds. The molecule has 1 saturated carbocycles. The fraction of sp³-hybridized carbons (Fsp3) is 0.500. The van der Waals surface area contributed by atoms with Gasteiger partial charge in [-0.1, -0.05) is 0 Å². The van der Waals surface area contributed by atoms with E-state index < -0.39 is 5.91 Å². The van der Waals surface area contributed by atoms with Crippen molar-refractivity contribution in [2.45, 2.75) is 18.9 Å². The van der Waals surface area contributed by atoms with Crippen LogP contribution in [0.4, 0.5) is 0 Å². The highest BCUT2D eigenvalue weighted by Gasteiger charge is 2.31. The summed E-state index contributed by atoms with van der Waals surface area (Å²) in [5.41, 5.74) is 5.19. The van der Waals surface area contributed by atoms with Crippen LogP contribution in [0.2, 0.25) is 0 Å². The summed E-state index contributed by atoms with van der Waals surface area (Å²) in [6.07, 6.45) is 4.37. The van der Waals surface area contributed by atoms with Crippen LogP contribution in [0.25, 0.3) is 0 Å². The first-order valence-corrected chi connectivity index (χ1v) is 5.09. The number of nitrogens with two attached hydrogens (primary N) is 1. The smallest absolute Gasteiger partial charge is 0.272 e. The molecule has 0 aromatic carbocycles. The molecular weight excluding hydrogens is 210 g/mol. The zero-order chi connectivity index (χ0) is 11.5. The number of ether oxygens (including phenoxy) is 1. The molecule has 6 nitrogen and oxygen atoms in total. The average Bonchev–Trinajstić information content (AvgIpc) is 2.23. The lowest BCUT2D eigenvalue weighted by molar-refractivity contribution is 0.0286. The first-order chi connectivity index (χ1) is 7.70. The fourth-order valence-electron chi connectivity index (χ4n) is 1.66. The highest BCUT2D eigenvalue weighted by Crippen LogP contribution is 2.30. The maximum atomic E-state index is 11.0. The van der Waals surface area contributed by atoms with Crippen LogP contribution in [0, 0.1) is 5.92 Å². The predicted molar refractivity (Wildman–Crippen MR) is 54.8 cm³/mol. The summed E-state index contributed by atoms with van der Waals surface area (Å²) in [6.45, 7) is 0.170. The summed E-state index contributed by atoms with van der Waals surface area (Å²) >= 11 is 0. The Kier molecular flexibility index (Phi) is 3.00. The number of amides is 1. The lowest BCUT2D eigenvalue weighted by Crippen LogP contribution is -2.36. The molecule has 1 aromatic heterocycles. The molecule has 1 aliphatic carbocycles. The summed E-state index contributed by atoms with van der Waals surface area (Å²) in [5, 5.41) is 8.86. The van der Waals surface area contributed by atoms with Gasteiger partial charge in [-0.05, 0) is 18.8 Å². The van der Waals surface area contributed by atoms with E-state index in [9.17, 15) is 4.79 Å². The van der Waals surface area contributed by atoms with Crippen molar-refractivity contribution < 1.29 is 14.6 Å². The molecule has 0 aliphatic heterocycles. The number of carbonyl (C=O) groups is 1. The van der Waals surface area contributed by atoms with Crippen LogP contribution in [0.5, 0.6) is 5.88 Å². The molecule has 1 aliphatic rings. The normalized spacial score (nSPS) is 23.6. The minimum Gasteiger partial charge on any atom is -0.473 e. The van der Waals surface area contributed by atoms with Gasteiger partial charge < -0.3 is 15.6 Å². The topological polar surface area (TPSA) is 98.3 Å². The molecule has 0 radical (unpaired) electrons. The number of aliphatic hydroxyl groups is 1. The van der Waals surface area contributed by atoms with Gasteiger partial charge in [-0.15, -0.1) is 0 Å². The van der Waals surface area contributed by atoms with Crippen LogP contribution < -0.4 is 10.5 Å². The van der Waals surface area contributed by atoms with Crippen LogP contribution >= 0.6 is 0 Å². The van der Waals surface area contributed by atoms with Gasteiger partial charge in [0.25, 0.3) is 5.91 Å². The SMILES string of the molecule is NC(=O)c1nccnc1OC1CC(CO)C1. The average molecular weight is 223 g/mol. The monoisotopic (exact) mass is 223 g/mol. The van der Waals surface area contributed by atoms with Crippen LogP contribution in [0.1, 0.15) is 23.3 Å². The van der Waals surface area contributed by atoms with Gasteiger partial charge in [0.1, 0.15) is 6.10 Å². The van der Waals surface area contributed by atoms with Crippen molar-refractivity contribution in [1.82, 2.24) is 9.97 Å². The zero-order valence-electron chi connectivity index (χ0n) is 8.67. The molecule has 1 heterocycles. The third-order valence-corrected chi connectivity index (χ3v) is 2.63. The zero-order valence-corrected chi connectivity index (χ0v) is 8.67. The Labute approximate surface area is 92.5 Å². The van der Waals surface area contributed by atoms with Gasteiger partial charge >= 0.3 is 0 Å². The highest BCUT2D eigenvalue weighted by atomic mass is 16.5. The van der Waals surface area contributed by atoms with E-state index in [0.717, 1.165) is 12.8 Å². The number of rotatable bonds is 4. The highest BCUT2D eigenvalue weighted by molar-refractivity contribution is 5.92. The summed E-state index contributed by atoms with van der Waals surface area (Å²) in [7, 11) is 0. The summed E-state index contributed by atoms with van der Waals surface area (Å²) in [4.78, 5) is 18.8. The van der Waals surface area contributed by atoms with E-state index in [2.05, 4.69) is 9.97 Å². The number of hydrogen-bond acceptors (Lipinski definition) is 5. The standard InChI is InChI=1S/C10H13N3O3/c11-9(15)8-10(13-2-1-12-8)16-7-3-6(4-7)5-14/h1-2,6-7,14H,3-5H2,(H2,11,15). The molecule has 6 heteroatoms. The molecule has 0 atom stereocenters. The minimum absolute atomic E-state index is 0.00745. The second-order valence-corrected chi connectivity index (χ2v) is 3.83. The van der Waals surface area contributed by atoms with E-state index in [4.69, 9.17) is 15.6 Å². The van der Waals surface area contributed by atoms with Gasteiger partial charge in [0, 0.05) is 19.0 Å². The molecule has 0 unspecified atom stereocenters. The molecule has 16 heavy (non-hydrogen) atoms. The molecule has 0 spiro atoms. The first kappa shape index (κ1) is 10.8. The van der Waals surface area contributed by atoms with Crippen LogP contribution in [-0.4, -0.2) is 33.7 Å². The van der Waals surface area contributed by atoms with Crippen molar-refractivity contribution >= 4 is 5.91 Å². The van der Waals surface area contributed by atoms with Crippen molar-refractivity contribution in [1.29, 1.82) is 0 Å². The maximum absolute atomic E-state index is 11.0. The van der Waals surface area contributed by atoms with Gasteiger partial charge in [0.2, 0.25) is 5.88 Å². The number of aromatic nitrogens is 2. The second-order valence-electron chi connectivity index (χ2n) is 3.83. The molecule has 3 N–H and O–H groups in total. The quantitative estimate of drug-likeness (QED) is 0.731. The summed E-state index contributed by atoms with van der Waals surface area (Å²) < 4.78 is 5.49. The second kappa shape index (κ2) is 4.44. The van der Waals surface area contributed by atoms with Crippen molar-refractivity contribution in [3.05, 3.63) is 18.1 Å². The van der Waals surface area contributed by atoms with E-state index >= 15 is 0 Å². The number of carbonyl (C=O) groups excluding carboxylic acids is 1.